The van der Waals surface area contributed by atoms with Crippen LogP contribution in [0.5, 0.6) is 0 Å². The van der Waals surface area contributed by atoms with Crippen molar-refractivity contribution in [3.8, 4) is 0 Å². The first kappa shape index (κ1) is 14.6. The van der Waals surface area contributed by atoms with Gasteiger partial charge >= 0.3 is 0 Å². The summed E-state index contributed by atoms with van der Waals surface area (Å²) in [5.41, 5.74) is 1.45. The van der Waals surface area contributed by atoms with E-state index in [0.717, 1.165) is 5.69 Å². The number of nitrogens with one attached hydrogen (secondary N) is 1. The molecule has 1 rings (SSSR count). The molecule has 0 spiro atoms. The van der Waals surface area contributed by atoms with Gasteiger partial charge in [0.1, 0.15) is 11.0 Å². The highest BCUT2D eigenvalue weighted by molar-refractivity contribution is 6.29. The molecule has 1 heterocycles. The standard InChI is InChI=1S/C13H18ClN3O/c1-8(2)7-13(18)17-10(4)16-11-5-6-12(14)15-9(11)3/h5-6,8H,7H2,1-4H3,(H,16,17,18). The molecule has 5 heteroatoms. The van der Waals surface area contributed by atoms with Crippen LogP contribution in [0, 0.1) is 12.8 Å². The zero-order valence-corrected chi connectivity index (χ0v) is 11.9. The number of aliphatic imine (C=N–C) groups is 1. The maximum absolute atomic E-state index is 11.6. The summed E-state index contributed by atoms with van der Waals surface area (Å²) in [4.78, 5) is 20.0. The van der Waals surface area contributed by atoms with E-state index in [9.17, 15) is 4.79 Å². The number of amidine groups is 1. The molecule has 4 nitrogen and oxygen atoms in total. The molecule has 0 aliphatic rings. The number of amides is 1. The number of pyridine rings is 1. The fourth-order valence-electron chi connectivity index (χ4n) is 1.47. The number of aromatic nitrogens is 1. The summed E-state index contributed by atoms with van der Waals surface area (Å²) in [5, 5.41) is 3.19. The fraction of sp³-hybridized carbons (Fsp3) is 0.462. The van der Waals surface area contributed by atoms with Crippen molar-refractivity contribution in [2.45, 2.75) is 34.1 Å². The van der Waals surface area contributed by atoms with Crippen molar-refractivity contribution in [3.05, 3.63) is 23.0 Å². The molecule has 0 bridgehead atoms. The molecule has 1 aromatic rings. The number of carbonyl (C=O) groups is 1. The molecule has 1 aromatic heterocycles. The van der Waals surface area contributed by atoms with Crippen LogP contribution >= 0.6 is 11.6 Å². The highest BCUT2D eigenvalue weighted by atomic mass is 35.5. The lowest BCUT2D eigenvalue weighted by Gasteiger charge is -2.07. The molecule has 18 heavy (non-hydrogen) atoms. The molecule has 0 aromatic carbocycles. The van der Waals surface area contributed by atoms with Crippen LogP contribution in [-0.2, 0) is 4.79 Å². The van der Waals surface area contributed by atoms with Gasteiger partial charge in [0, 0.05) is 6.42 Å². The number of halogens is 1. The lowest BCUT2D eigenvalue weighted by Crippen LogP contribution is -2.29. The Morgan fingerprint density at radius 2 is 2.17 bits per heavy atom. The number of nitrogens with zero attached hydrogens (tertiary/aromatic N) is 2. The minimum absolute atomic E-state index is 0.0224. The largest absolute Gasteiger partial charge is 0.314 e. The molecule has 0 radical (unpaired) electrons. The first-order valence-corrected chi connectivity index (χ1v) is 6.24. The molecular weight excluding hydrogens is 250 g/mol. The third kappa shape index (κ3) is 4.84. The van der Waals surface area contributed by atoms with Gasteiger partial charge in [0.05, 0.1) is 11.4 Å². The minimum Gasteiger partial charge on any atom is -0.314 e. The van der Waals surface area contributed by atoms with Crippen molar-refractivity contribution >= 4 is 29.0 Å². The van der Waals surface area contributed by atoms with Gasteiger partial charge in [-0.3, -0.25) is 4.79 Å². The topological polar surface area (TPSA) is 54.4 Å². The number of hydrogen-bond acceptors (Lipinski definition) is 3. The van der Waals surface area contributed by atoms with Gasteiger partial charge in [0.15, 0.2) is 0 Å². The molecule has 0 atom stereocenters. The van der Waals surface area contributed by atoms with Crippen LogP contribution in [0.2, 0.25) is 5.15 Å². The Hall–Kier alpha value is -1.42. The number of rotatable bonds is 3. The second kappa shape index (κ2) is 6.50. The first-order chi connectivity index (χ1) is 8.38. The second-order valence-electron chi connectivity index (χ2n) is 4.58. The predicted octanol–water partition coefficient (Wildman–Crippen LogP) is 3.26. The van der Waals surface area contributed by atoms with Gasteiger partial charge in [-0.2, -0.15) is 0 Å². The average molecular weight is 268 g/mol. The Bertz CT molecular complexity index is 469. The highest BCUT2D eigenvalue weighted by Gasteiger charge is 2.06. The molecule has 0 unspecified atom stereocenters. The van der Waals surface area contributed by atoms with Crippen LogP contribution in [0.1, 0.15) is 32.9 Å². The van der Waals surface area contributed by atoms with E-state index in [0.29, 0.717) is 29.0 Å². The lowest BCUT2D eigenvalue weighted by atomic mass is 10.1. The molecular formula is C13H18ClN3O. The maximum Gasteiger partial charge on any atom is 0.225 e. The van der Waals surface area contributed by atoms with Gasteiger partial charge in [-0.25, -0.2) is 9.98 Å². The SMILES string of the molecule is CC(=Nc1ccc(Cl)nc1C)NC(=O)CC(C)C. The lowest BCUT2D eigenvalue weighted by molar-refractivity contribution is -0.120. The number of aryl methyl sites for hydroxylation is 1. The average Bonchev–Trinajstić information content (AvgIpc) is 2.20. The van der Waals surface area contributed by atoms with Gasteiger partial charge in [-0.15, -0.1) is 0 Å². The number of carbonyl (C=O) groups excluding carboxylic acids is 1. The molecule has 98 valence electrons. The zero-order valence-electron chi connectivity index (χ0n) is 11.1. The molecule has 0 aliphatic heterocycles. The summed E-state index contributed by atoms with van der Waals surface area (Å²) in [6.07, 6.45) is 0.491. The highest BCUT2D eigenvalue weighted by Crippen LogP contribution is 2.18. The second-order valence-corrected chi connectivity index (χ2v) is 4.97. The smallest absolute Gasteiger partial charge is 0.225 e. The van der Waals surface area contributed by atoms with Crippen molar-refractivity contribution in [2.75, 3.05) is 0 Å². The Balaban J connectivity index is 2.74. The molecule has 0 saturated carbocycles. The summed E-state index contributed by atoms with van der Waals surface area (Å²) in [5.74, 6) is 0.871. The third-order valence-electron chi connectivity index (χ3n) is 2.23. The molecule has 0 fully saturated rings. The van der Waals surface area contributed by atoms with Crippen LogP contribution in [0.3, 0.4) is 0 Å². The molecule has 0 saturated heterocycles. The summed E-state index contributed by atoms with van der Waals surface area (Å²) < 4.78 is 0. The van der Waals surface area contributed by atoms with Crippen LogP contribution in [0.25, 0.3) is 0 Å². The van der Waals surface area contributed by atoms with Crippen LogP contribution in [0.15, 0.2) is 17.1 Å². The predicted molar refractivity (Wildman–Crippen MR) is 74.4 cm³/mol. The van der Waals surface area contributed by atoms with Crippen molar-refractivity contribution < 1.29 is 4.79 Å². The van der Waals surface area contributed by atoms with Gasteiger partial charge in [-0.1, -0.05) is 25.4 Å². The van der Waals surface area contributed by atoms with E-state index >= 15 is 0 Å². The third-order valence-corrected chi connectivity index (χ3v) is 2.44. The molecule has 1 N–H and O–H groups in total. The van der Waals surface area contributed by atoms with Crippen molar-refractivity contribution in [2.24, 2.45) is 10.9 Å². The van der Waals surface area contributed by atoms with Crippen molar-refractivity contribution in [3.63, 3.8) is 0 Å². The van der Waals surface area contributed by atoms with Gasteiger partial charge in [0.25, 0.3) is 0 Å². The quantitative estimate of drug-likeness (QED) is 0.519. The van der Waals surface area contributed by atoms with Gasteiger partial charge < -0.3 is 5.32 Å². The Labute approximate surface area is 112 Å². The summed E-state index contributed by atoms with van der Waals surface area (Å²) in [6.45, 7) is 7.58. The van der Waals surface area contributed by atoms with E-state index in [2.05, 4.69) is 15.3 Å². The van der Waals surface area contributed by atoms with Crippen LogP contribution < -0.4 is 5.32 Å². The minimum atomic E-state index is -0.0224. The Morgan fingerprint density at radius 3 is 2.72 bits per heavy atom. The van der Waals surface area contributed by atoms with Crippen molar-refractivity contribution in [1.29, 1.82) is 0 Å². The number of hydrogen-bond donors (Lipinski definition) is 1. The Morgan fingerprint density at radius 1 is 1.50 bits per heavy atom. The normalized spacial score (nSPS) is 11.8. The maximum atomic E-state index is 11.6. The Kier molecular flexibility index (Phi) is 5.28. The van der Waals surface area contributed by atoms with Crippen molar-refractivity contribution in [1.82, 2.24) is 10.3 Å². The van der Waals surface area contributed by atoms with E-state index in [-0.39, 0.29) is 5.91 Å². The van der Waals surface area contributed by atoms with E-state index < -0.39 is 0 Å². The molecule has 1 amide bonds. The monoisotopic (exact) mass is 267 g/mol. The van der Waals surface area contributed by atoms with Crippen LogP contribution in [0.4, 0.5) is 5.69 Å². The first-order valence-electron chi connectivity index (χ1n) is 5.86. The van der Waals surface area contributed by atoms with Gasteiger partial charge in [-0.05, 0) is 31.9 Å². The summed E-state index contributed by atoms with van der Waals surface area (Å²) >= 11 is 5.77. The van der Waals surface area contributed by atoms with E-state index in [4.69, 9.17) is 11.6 Å². The summed E-state index contributed by atoms with van der Waals surface area (Å²) in [7, 11) is 0. The zero-order chi connectivity index (χ0) is 13.7. The summed E-state index contributed by atoms with van der Waals surface area (Å²) in [6, 6.07) is 3.46. The fourth-order valence-corrected chi connectivity index (χ4v) is 1.66. The van der Waals surface area contributed by atoms with Crippen LogP contribution in [-0.4, -0.2) is 16.7 Å². The van der Waals surface area contributed by atoms with Gasteiger partial charge in [0.2, 0.25) is 5.91 Å². The van der Waals surface area contributed by atoms with E-state index in [1.807, 2.05) is 20.8 Å². The molecule has 0 aliphatic carbocycles. The van der Waals surface area contributed by atoms with E-state index in [1.54, 1.807) is 19.1 Å². The van der Waals surface area contributed by atoms with E-state index in [1.165, 1.54) is 0 Å².